The zero-order valence-electron chi connectivity index (χ0n) is 19.1. The van der Waals surface area contributed by atoms with E-state index in [0.717, 1.165) is 36.1 Å². The van der Waals surface area contributed by atoms with Crippen LogP contribution < -0.4 is 4.90 Å². The van der Waals surface area contributed by atoms with Crippen molar-refractivity contribution >= 4 is 17.6 Å². The van der Waals surface area contributed by atoms with Gasteiger partial charge in [0.1, 0.15) is 5.82 Å². The van der Waals surface area contributed by atoms with Gasteiger partial charge in [-0.25, -0.2) is 9.97 Å². The van der Waals surface area contributed by atoms with Crippen LogP contribution in [0, 0.1) is 6.92 Å². The van der Waals surface area contributed by atoms with Crippen molar-refractivity contribution in [2.75, 3.05) is 11.4 Å². The third kappa shape index (κ3) is 4.13. The van der Waals surface area contributed by atoms with Crippen LogP contribution >= 0.6 is 0 Å². The summed E-state index contributed by atoms with van der Waals surface area (Å²) in [7, 11) is 1.80. The number of anilines is 1. The summed E-state index contributed by atoms with van der Waals surface area (Å²) in [6.45, 7) is 3.12. The number of carbonyl (C=O) groups is 2. The molecular formula is C25H28N6O2. The van der Waals surface area contributed by atoms with Crippen LogP contribution in [-0.2, 0) is 24.8 Å². The summed E-state index contributed by atoms with van der Waals surface area (Å²) in [6.07, 6.45) is 7.21. The maximum Gasteiger partial charge on any atom is 0.257 e. The molecule has 0 unspecified atom stereocenters. The molecule has 4 heterocycles. The molecule has 1 atom stereocenters. The van der Waals surface area contributed by atoms with E-state index in [4.69, 9.17) is 9.97 Å². The van der Waals surface area contributed by atoms with E-state index in [9.17, 15) is 9.59 Å². The van der Waals surface area contributed by atoms with Crippen LogP contribution in [0.4, 0.5) is 5.82 Å². The molecular weight excluding hydrogens is 416 g/mol. The van der Waals surface area contributed by atoms with E-state index >= 15 is 0 Å². The number of rotatable bonds is 4. The first-order valence-corrected chi connectivity index (χ1v) is 11.5. The average Bonchev–Trinajstić information content (AvgIpc) is 3.27. The number of hydrogen-bond donors (Lipinski definition) is 0. The Kier molecular flexibility index (Phi) is 5.66. The molecule has 2 aliphatic rings. The Morgan fingerprint density at radius 1 is 1.12 bits per heavy atom. The van der Waals surface area contributed by atoms with Crippen molar-refractivity contribution in [3.8, 4) is 0 Å². The highest BCUT2D eigenvalue weighted by Crippen LogP contribution is 2.35. The second-order valence-corrected chi connectivity index (χ2v) is 8.85. The van der Waals surface area contributed by atoms with Gasteiger partial charge in [0.2, 0.25) is 5.91 Å². The maximum atomic E-state index is 13.3. The predicted molar refractivity (Wildman–Crippen MR) is 124 cm³/mol. The second kappa shape index (κ2) is 8.77. The zero-order chi connectivity index (χ0) is 22.9. The number of aryl methyl sites for hydroxylation is 2. The fourth-order valence-corrected chi connectivity index (χ4v) is 4.82. The molecule has 1 aromatic carbocycles. The number of fused-ring (bicyclic) bond motifs is 1. The highest BCUT2D eigenvalue weighted by atomic mass is 16.2. The van der Waals surface area contributed by atoms with Gasteiger partial charge in [-0.05, 0) is 38.2 Å². The Labute approximate surface area is 193 Å². The third-order valence-corrected chi connectivity index (χ3v) is 6.55. The Hall–Kier alpha value is -3.55. The molecule has 1 saturated heterocycles. The summed E-state index contributed by atoms with van der Waals surface area (Å²) in [5.41, 5.74) is 3.54. The van der Waals surface area contributed by atoms with Crippen molar-refractivity contribution in [3.63, 3.8) is 0 Å². The second-order valence-electron chi connectivity index (χ2n) is 8.85. The number of carbonyl (C=O) groups excluding carboxylic acids is 2. The van der Waals surface area contributed by atoms with Crippen LogP contribution in [0.15, 0.2) is 42.7 Å². The molecule has 8 nitrogen and oxygen atoms in total. The van der Waals surface area contributed by atoms with Crippen LogP contribution in [0.2, 0.25) is 0 Å². The van der Waals surface area contributed by atoms with Crippen LogP contribution in [0.3, 0.4) is 0 Å². The van der Waals surface area contributed by atoms with E-state index in [1.807, 2.05) is 42.2 Å². The number of piperidine rings is 1. The summed E-state index contributed by atoms with van der Waals surface area (Å²) >= 11 is 0. The Morgan fingerprint density at radius 3 is 2.70 bits per heavy atom. The summed E-state index contributed by atoms with van der Waals surface area (Å²) in [4.78, 5) is 39.6. The molecule has 0 aliphatic carbocycles. The minimum Gasteiger partial charge on any atom is -0.328 e. The van der Waals surface area contributed by atoms with E-state index < -0.39 is 0 Å². The highest BCUT2D eigenvalue weighted by Gasteiger charge is 2.34. The van der Waals surface area contributed by atoms with Crippen molar-refractivity contribution in [1.29, 1.82) is 0 Å². The number of nitrogens with zero attached hydrogens (tertiary/aromatic N) is 6. The number of aromatic nitrogens is 4. The number of hydrogen-bond acceptors (Lipinski definition) is 5. The largest absolute Gasteiger partial charge is 0.328 e. The van der Waals surface area contributed by atoms with Gasteiger partial charge in [0, 0.05) is 37.5 Å². The van der Waals surface area contributed by atoms with Crippen molar-refractivity contribution in [2.24, 2.45) is 7.05 Å². The average molecular weight is 445 g/mol. The Balaban J connectivity index is 1.51. The molecule has 0 bridgehead atoms. The predicted octanol–water partition coefficient (Wildman–Crippen LogP) is 3.37. The van der Waals surface area contributed by atoms with Crippen LogP contribution in [-0.4, -0.2) is 43.0 Å². The first kappa shape index (κ1) is 21.3. The van der Waals surface area contributed by atoms with E-state index in [2.05, 4.69) is 5.10 Å². The van der Waals surface area contributed by atoms with Gasteiger partial charge in [-0.1, -0.05) is 30.3 Å². The summed E-state index contributed by atoms with van der Waals surface area (Å²) in [5, 5.41) is 4.15. The van der Waals surface area contributed by atoms with Gasteiger partial charge in [-0.3, -0.25) is 19.2 Å². The van der Waals surface area contributed by atoms with Gasteiger partial charge in [0.05, 0.1) is 24.3 Å². The molecule has 3 aromatic rings. The van der Waals surface area contributed by atoms with Crippen molar-refractivity contribution in [1.82, 2.24) is 24.6 Å². The fraction of sp³-hybridized carbons (Fsp3) is 0.400. The van der Waals surface area contributed by atoms with Crippen molar-refractivity contribution in [2.45, 2.75) is 51.6 Å². The van der Waals surface area contributed by atoms with Crippen molar-refractivity contribution < 1.29 is 9.59 Å². The minimum absolute atomic E-state index is 0.0519. The lowest BCUT2D eigenvalue weighted by molar-refractivity contribution is -0.119. The number of benzene rings is 1. The third-order valence-electron chi connectivity index (χ3n) is 6.55. The van der Waals surface area contributed by atoms with E-state index in [0.29, 0.717) is 43.1 Å². The summed E-state index contributed by atoms with van der Waals surface area (Å²) in [6, 6.07) is 9.75. The zero-order valence-corrected chi connectivity index (χ0v) is 19.1. The van der Waals surface area contributed by atoms with Gasteiger partial charge < -0.3 is 4.90 Å². The molecule has 170 valence electrons. The summed E-state index contributed by atoms with van der Waals surface area (Å²) < 4.78 is 1.64. The molecule has 33 heavy (non-hydrogen) atoms. The van der Waals surface area contributed by atoms with Gasteiger partial charge >= 0.3 is 0 Å². The van der Waals surface area contributed by atoms with Crippen LogP contribution in [0.1, 0.15) is 64.7 Å². The van der Waals surface area contributed by atoms with Crippen LogP contribution in [0.25, 0.3) is 0 Å². The highest BCUT2D eigenvalue weighted by molar-refractivity contribution is 5.95. The molecule has 2 amide bonds. The number of amides is 2. The maximum absolute atomic E-state index is 13.3. The standard InChI is InChI=1S/C25H28N6O2/c1-17-20-11-12-22(32)31(15-18-8-4-3-5-9-18)24(20)28-23(27-17)21-10-6-7-13-30(21)25(33)19-14-26-29(2)16-19/h3-5,8-9,14,16,21H,6-7,10-13,15H2,1-2H3/t21-/m0/s1. The van der Waals surface area contributed by atoms with Crippen LogP contribution in [0.5, 0.6) is 0 Å². The van der Waals surface area contributed by atoms with Crippen molar-refractivity contribution in [3.05, 3.63) is 70.9 Å². The Bertz CT molecular complexity index is 1190. The number of likely N-dealkylation sites (tertiary alicyclic amines) is 1. The molecule has 2 aliphatic heterocycles. The first-order valence-electron chi connectivity index (χ1n) is 11.5. The molecule has 1 fully saturated rings. The molecule has 0 saturated carbocycles. The van der Waals surface area contributed by atoms with E-state index in [1.165, 1.54) is 0 Å². The molecule has 0 spiro atoms. The molecule has 5 rings (SSSR count). The Morgan fingerprint density at radius 2 is 1.94 bits per heavy atom. The lowest BCUT2D eigenvalue weighted by atomic mass is 9.98. The molecule has 2 aromatic heterocycles. The molecule has 0 N–H and O–H groups in total. The lowest BCUT2D eigenvalue weighted by Crippen LogP contribution is -2.40. The molecule has 8 heteroatoms. The molecule has 0 radical (unpaired) electrons. The van der Waals surface area contributed by atoms with E-state index in [-0.39, 0.29) is 17.9 Å². The normalized spacial score (nSPS) is 18.4. The monoisotopic (exact) mass is 444 g/mol. The van der Waals surface area contributed by atoms with Gasteiger partial charge in [-0.15, -0.1) is 0 Å². The van der Waals surface area contributed by atoms with Gasteiger partial charge in [0.25, 0.3) is 5.91 Å². The van der Waals surface area contributed by atoms with E-state index in [1.54, 1.807) is 29.0 Å². The SMILES string of the molecule is Cc1nc([C@@H]2CCCCN2C(=O)c2cnn(C)c2)nc2c1CCC(=O)N2Cc1ccccc1. The summed E-state index contributed by atoms with van der Waals surface area (Å²) in [5.74, 6) is 1.33. The smallest absolute Gasteiger partial charge is 0.257 e. The quantitative estimate of drug-likeness (QED) is 0.616. The van der Waals surface area contributed by atoms with Gasteiger partial charge in [-0.2, -0.15) is 5.10 Å². The van der Waals surface area contributed by atoms with Gasteiger partial charge in [0.15, 0.2) is 5.82 Å². The lowest BCUT2D eigenvalue weighted by Gasteiger charge is -2.36. The fourth-order valence-electron chi connectivity index (χ4n) is 4.82. The minimum atomic E-state index is -0.217. The topological polar surface area (TPSA) is 84.2 Å². The first-order chi connectivity index (χ1) is 16.0.